The van der Waals surface area contributed by atoms with E-state index in [1.165, 1.54) is 0 Å². The van der Waals surface area contributed by atoms with E-state index < -0.39 is 0 Å². The highest BCUT2D eigenvalue weighted by Crippen LogP contribution is 2.33. The van der Waals surface area contributed by atoms with Crippen LogP contribution in [0.15, 0.2) is 24.3 Å². The lowest BCUT2D eigenvalue weighted by molar-refractivity contribution is -0.122. The summed E-state index contributed by atoms with van der Waals surface area (Å²) in [7, 11) is 0. The Morgan fingerprint density at radius 2 is 2.08 bits per heavy atom. The lowest BCUT2D eigenvalue weighted by Gasteiger charge is -2.30. The Balaban J connectivity index is 1.60. The maximum atomic E-state index is 11.9. The molecular formula is C21H29N3O2. The fourth-order valence-electron chi connectivity index (χ4n) is 3.66. The molecule has 1 fully saturated rings. The Morgan fingerprint density at radius 1 is 1.31 bits per heavy atom. The van der Waals surface area contributed by atoms with Crippen molar-refractivity contribution >= 4 is 22.5 Å². The highest BCUT2D eigenvalue weighted by Gasteiger charge is 2.24. The molecule has 0 unspecified atom stereocenters. The topological polar surface area (TPSA) is 77.2 Å². The maximum Gasteiger partial charge on any atom is 0.220 e. The second kappa shape index (κ2) is 8.39. The molecule has 0 radical (unpaired) electrons. The Kier molecular flexibility index (Phi) is 5.96. The summed E-state index contributed by atoms with van der Waals surface area (Å²) < 4.78 is 6.27. The number of nitrogen functional groups attached to an aromatic ring is 1. The lowest BCUT2D eigenvalue weighted by atomic mass is 9.92. The quantitative estimate of drug-likeness (QED) is 0.817. The van der Waals surface area contributed by atoms with Crippen molar-refractivity contribution in [3.63, 3.8) is 0 Å². The summed E-state index contributed by atoms with van der Waals surface area (Å²) in [5, 5.41) is 4.05. The zero-order valence-electron chi connectivity index (χ0n) is 15.8. The van der Waals surface area contributed by atoms with Crippen LogP contribution in [0.25, 0.3) is 10.9 Å². The fourth-order valence-corrected chi connectivity index (χ4v) is 3.66. The van der Waals surface area contributed by atoms with E-state index in [0.29, 0.717) is 12.1 Å². The van der Waals surface area contributed by atoms with Crippen LogP contribution in [0, 0.1) is 6.92 Å². The highest BCUT2D eigenvalue weighted by molar-refractivity contribution is 5.95. The molecule has 0 atom stereocenters. The van der Waals surface area contributed by atoms with Gasteiger partial charge in [-0.25, -0.2) is 0 Å². The van der Waals surface area contributed by atoms with Crippen molar-refractivity contribution in [3.05, 3.63) is 30.0 Å². The number of fused-ring (bicyclic) bond motifs is 1. The second-order valence-corrected chi connectivity index (χ2v) is 7.27. The molecule has 0 saturated heterocycles. The smallest absolute Gasteiger partial charge is 0.220 e. The lowest BCUT2D eigenvalue weighted by Crippen LogP contribution is -2.39. The Labute approximate surface area is 155 Å². The molecule has 0 spiro atoms. The molecule has 1 aliphatic carbocycles. The number of carbonyl (C=O) groups is 1. The van der Waals surface area contributed by atoms with Crippen LogP contribution in [-0.4, -0.2) is 23.0 Å². The molecule has 1 amide bonds. The molecule has 1 aliphatic rings. The van der Waals surface area contributed by atoms with Gasteiger partial charge in [-0.2, -0.15) is 0 Å². The van der Waals surface area contributed by atoms with Crippen molar-refractivity contribution < 1.29 is 9.53 Å². The third kappa shape index (κ3) is 4.45. The number of anilines is 1. The van der Waals surface area contributed by atoms with Crippen molar-refractivity contribution in [1.82, 2.24) is 10.3 Å². The normalized spacial score (nSPS) is 20.1. The molecule has 1 aromatic carbocycles. The predicted octanol–water partition coefficient (Wildman–Crippen LogP) is 4.12. The van der Waals surface area contributed by atoms with Crippen LogP contribution >= 0.6 is 0 Å². The largest absolute Gasteiger partial charge is 0.490 e. The van der Waals surface area contributed by atoms with E-state index in [4.69, 9.17) is 10.5 Å². The number of nitrogens with two attached hydrogens (primary N) is 1. The van der Waals surface area contributed by atoms with Gasteiger partial charge in [0.1, 0.15) is 5.75 Å². The number of rotatable bonds is 6. The molecular weight excluding hydrogens is 326 g/mol. The molecule has 5 heteroatoms. The number of unbranched alkanes of at least 4 members (excludes halogenated alkanes) is 1. The summed E-state index contributed by atoms with van der Waals surface area (Å²) in [6.45, 7) is 4.05. The number of aryl methyl sites for hydroxylation is 1. The monoisotopic (exact) mass is 355 g/mol. The van der Waals surface area contributed by atoms with E-state index in [1.807, 2.05) is 31.2 Å². The minimum absolute atomic E-state index is 0.157. The van der Waals surface area contributed by atoms with E-state index in [1.54, 1.807) is 0 Å². The zero-order chi connectivity index (χ0) is 18.5. The Bertz CT molecular complexity index is 767. The number of nitrogens with one attached hydrogen (secondary N) is 1. The number of pyridine rings is 1. The van der Waals surface area contributed by atoms with Gasteiger partial charge in [0.15, 0.2) is 0 Å². The number of amides is 1. The number of ether oxygens (including phenoxy) is 1. The van der Waals surface area contributed by atoms with Gasteiger partial charge in [-0.3, -0.25) is 9.78 Å². The van der Waals surface area contributed by atoms with Crippen LogP contribution < -0.4 is 15.8 Å². The summed E-state index contributed by atoms with van der Waals surface area (Å²) >= 11 is 0. The van der Waals surface area contributed by atoms with Crippen molar-refractivity contribution in [2.75, 3.05) is 5.73 Å². The standard InChI is InChI=1S/C21H29N3O2/c1-3-4-8-20(25)24-15-9-11-16(12-10-15)26-19-7-5-6-18-21(19)17(22)13-14(2)23-18/h5-7,13,15-16H,3-4,8-12H2,1-2H3,(H2,22,23)(H,24,25). The van der Waals surface area contributed by atoms with Crippen LogP contribution in [0.3, 0.4) is 0 Å². The molecule has 26 heavy (non-hydrogen) atoms. The fraction of sp³-hybridized carbons (Fsp3) is 0.524. The summed E-state index contributed by atoms with van der Waals surface area (Å²) in [5.41, 5.74) is 8.70. The van der Waals surface area contributed by atoms with Crippen LogP contribution in [0.5, 0.6) is 5.75 Å². The molecule has 3 rings (SSSR count). The molecule has 0 aliphatic heterocycles. The molecule has 140 valence electrons. The number of carbonyl (C=O) groups excluding carboxylic acids is 1. The van der Waals surface area contributed by atoms with Crippen LogP contribution in [-0.2, 0) is 4.79 Å². The second-order valence-electron chi connectivity index (χ2n) is 7.27. The number of nitrogens with zero attached hydrogens (tertiary/aromatic N) is 1. The number of benzene rings is 1. The van der Waals surface area contributed by atoms with Crippen LogP contribution in [0.2, 0.25) is 0 Å². The number of aromatic nitrogens is 1. The van der Waals surface area contributed by atoms with Gasteiger partial charge in [-0.1, -0.05) is 19.4 Å². The third-order valence-electron chi connectivity index (χ3n) is 5.04. The van der Waals surface area contributed by atoms with Gasteiger partial charge in [0, 0.05) is 23.8 Å². The van der Waals surface area contributed by atoms with Gasteiger partial charge in [0.2, 0.25) is 5.91 Å². The van der Waals surface area contributed by atoms with Gasteiger partial charge >= 0.3 is 0 Å². The van der Waals surface area contributed by atoms with Gasteiger partial charge in [0.25, 0.3) is 0 Å². The number of hydrogen-bond acceptors (Lipinski definition) is 4. The van der Waals surface area contributed by atoms with E-state index >= 15 is 0 Å². The minimum atomic E-state index is 0.157. The summed E-state index contributed by atoms with van der Waals surface area (Å²) in [4.78, 5) is 16.4. The van der Waals surface area contributed by atoms with Gasteiger partial charge < -0.3 is 15.8 Å². The summed E-state index contributed by atoms with van der Waals surface area (Å²) in [6, 6.07) is 8.06. The highest BCUT2D eigenvalue weighted by atomic mass is 16.5. The maximum absolute atomic E-state index is 11.9. The molecule has 5 nitrogen and oxygen atoms in total. The first-order valence-electron chi connectivity index (χ1n) is 9.68. The predicted molar refractivity (Wildman–Crippen MR) is 105 cm³/mol. The van der Waals surface area contributed by atoms with Gasteiger partial charge in [-0.15, -0.1) is 0 Å². The Hall–Kier alpha value is -2.30. The van der Waals surface area contributed by atoms with Crippen LogP contribution in [0.4, 0.5) is 5.69 Å². The molecule has 2 aromatic rings. The molecule has 1 heterocycles. The minimum Gasteiger partial charge on any atom is -0.490 e. The first kappa shape index (κ1) is 18.5. The third-order valence-corrected chi connectivity index (χ3v) is 5.04. The summed E-state index contributed by atoms with van der Waals surface area (Å²) in [6.07, 6.45) is 6.60. The van der Waals surface area contributed by atoms with E-state index in [2.05, 4.69) is 17.2 Å². The van der Waals surface area contributed by atoms with Crippen molar-refractivity contribution in [3.8, 4) is 5.75 Å². The first-order valence-corrected chi connectivity index (χ1v) is 9.68. The molecule has 0 bridgehead atoms. The Morgan fingerprint density at radius 3 is 2.81 bits per heavy atom. The van der Waals surface area contributed by atoms with Crippen molar-refractivity contribution in [2.24, 2.45) is 0 Å². The van der Waals surface area contributed by atoms with Crippen LogP contribution in [0.1, 0.15) is 57.6 Å². The average molecular weight is 355 g/mol. The molecule has 3 N–H and O–H groups in total. The van der Waals surface area contributed by atoms with Gasteiger partial charge in [0.05, 0.1) is 17.0 Å². The average Bonchev–Trinajstić information content (AvgIpc) is 2.61. The summed E-state index contributed by atoms with van der Waals surface area (Å²) in [5.74, 6) is 0.988. The van der Waals surface area contributed by atoms with E-state index in [9.17, 15) is 4.79 Å². The van der Waals surface area contributed by atoms with E-state index in [-0.39, 0.29) is 18.1 Å². The number of hydrogen-bond donors (Lipinski definition) is 2. The molecule has 1 aromatic heterocycles. The zero-order valence-corrected chi connectivity index (χ0v) is 15.8. The van der Waals surface area contributed by atoms with E-state index in [0.717, 1.165) is 60.9 Å². The van der Waals surface area contributed by atoms with Crippen molar-refractivity contribution in [2.45, 2.75) is 70.9 Å². The first-order chi connectivity index (χ1) is 12.6. The molecule has 1 saturated carbocycles. The van der Waals surface area contributed by atoms with Gasteiger partial charge in [-0.05, 0) is 57.2 Å². The SMILES string of the molecule is CCCCC(=O)NC1CCC(Oc2cccc3nc(C)cc(N)c23)CC1. The van der Waals surface area contributed by atoms with Crippen molar-refractivity contribution in [1.29, 1.82) is 0 Å².